The van der Waals surface area contributed by atoms with Gasteiger partial charge in [0.1, 0.15) is 0 Å². The van der Waals surface area contributed by atoms with Gasteiger partial charge in [-0.1, -0.05) is 37.9 Å². The molecule has 0 aliphatic rings. The highest BCUT2D eigenvalue weighted by molar-refractivity contribution is 9.09. The summed E-state index contributed by atoms with van der Waals surface area (Å²) in [5.74, 6) is 0. The van der Waals surface area contributed by atoms with Crippen LogP contribution in [0.1, 0.15) is 6.42 Å². The summed E-state index contributed by atoms with van der Waals surface area (Å²) >= 11 is 6.79. The van der Waals surface area contributed by atoms with Gasteiger partial charge < -0.3 is 5.32 Å². The molecule has 0 aromatic rings. The Hall–Kier alpha value is -0.270. The number of allylic oxidation sites excluding steroid dienone is 3. The van der Waals surface area contributed by atoms with E-state index in [1.54, 1.807) is 0 Å². The molecule has 72 valence electrons. The summed E-state index contributed by atoms with van der Waals surface area (Å²) in [5.41, 5.74) is 2.31. The van der Waals surface area contributed by atoms with Crippen molar-refractivity contribution in [3.63, 3.8) is 0 Å². The summed E-state index contributed by atoms with van der Waals surface area (Å²) in [6.07, 6.45) is 4.31. The number of nitriles is 1. The lowest BCUT2D eigenvalue weighted by molar-refractivity contribution is 1.07. The molecule has 4 heteroatoms. The molecular formula is C9H12Br2N2. The van der Waals surface area contributed by atoms with Gasteiger partial charge in [0.15, 0.2) is 0 Å². The van der Waals surface area contributed by atoms with Gasteiger partial charge in [0.25, 0.3) is 0 Å². The van der Waals surface area contributed by atoms with E-state index in [2.05, 4.69) is 43.2 Å². The molecule has 0 rings (SSSR count). The van der Waals surface area contributed by atoms with Crippen molar-refractivity contribution in [1.29, 1.82) is 5.26 Å². The van der Waals surface area contributed by atoms with Gasteiger partial charge >= 0.3 is 0 Å². The smallest absolute Gasteiger partial charge is 0.0663 e. The average molecular weight is 308 g/mol. The highest BCUT2D eigenvalue weighted by atomic mass is 79.9. The van der Waals surface area contributed by atoms with Gasteiger partial charge in [0.05, 0.1) is 12.5 Å². The number of halogens is 2. The molecular weight excluding hydrogens is 296 g/mol. The number of hydrogen-bond donors (Lipinski definition) is 1. The first kappa shape index (κ1) is 12.7. The van der Waals surface area contributed by atoms with Crippen molar-refractivity contribution in [1.82, 2.24) is 5.32 Å². The van der Waals surface area contributed by atoms with Crippen LogP contribution in [0.2, 0.25) is 0 Å². The molecule has 0 aliphatic heterocycles. The molecule has 2 nitrogen and oxygen atoms in total. The van der Waals surface area contributed by atoms with Crippen molar-refractivity contribution < 1.29 is 0 Å². The third-order valence-corrected chi connectivity index (χ3v) is 2.67. The average Bonchev–Trinajstić information content (AvgIpc) is 2.17. The topological polar surface area (TPSA) is 35.8 Å². The molecule has 0 atom stereocenters. The highest BCUT2D eigenvalue weighted by Crippen LogP contribution is 2.15. The van der Waals surface area contributed by atoms with Crippen molar-refractivity contribution in [2.24, 2.45) is 0 Å². The van der Waals surface area contributed by atoms with E-state index in [-0.39, 0.29) is 0 Å². The summed E-state index contributed by atoms with van der Waals surface area (Å²) in [7, 11) is 1.86. The van der Waals surface area contributed by atoms with E-state index in [1.165, 1.54) is 0 Å². The minimum atomic E-state index is 0.453. The van der Waals surface area contributed by atoms with Crippen molar-refractivity contribution in [3.05, 3.63) is 23.4 Å². The zero-order valence-corrected chi connectivity index (χ0v) is 10.7. The first-order valence-electron chi connectivity index (χ1n) is 3.84. The number of rotatable bonds is 5. The van der Waals surface area contributed by atoms with Crippen molar-refractivity contribution in [2.45, 2.75) is 6.42 Å². The molecule has 0 saturated heterocycles. The summed E-state index contributed by atoms with van der Waals surface area (Å²) in [6.45, 7) is 0. The third kappa shape index (κ3) is 5.12. The second-order valence-electron chi connectivity index (χ2n) is 2.32. The Morgan fingerprint density at radius 3 is 2.38 bits per heavy atom. The molecule has 0 aromatic carbocycles. The summed E-state index contributed by atoms with van der Waals surface area (Å²) in [6, 6.07) is 2.09. The van der Waals surface area contributed by atoms with Crippen LogP contribution in [0.15, 0.2) is 23.4 Å². The minimum Gasteiger partial charge on any atom is -0.394 e. The van der Waals surface area contributed by atoms with Crippen molar-refractivity contribution >= 4 is 31.9 Å². The van der Waals surface area contributed by atoms with Gasteiger partial charge in [0, 0.05) is 23.9 Å². The van der Waals surface area contributed by atoms with Gasteiger partial charge in [-0.25, -0.2) is 0 Å². The fourth-order valence-corrected chi connectivity index (χ4v) is 1.94. The maximum atomic E-state index is 8.44. The maximum absolute atomic E-state index is 8.44. The Balaban J connectivity index is 4.54. The first-order chi connectivity index (χ1) is 6.29. The van der Waals surface area contributed by atoms with E-state index >= 15 is 0 Å². The second-order valence-corrected chi connectivity index (χ2v) is 3.44. The van der Waals surface area contributed by atoms with Crippen LogP contribution >= 0.6 is 31.9 Å². The minimum absolute atomic E-state index is 0.453. The van der Waals surface area contributed by atoms with Crippen LogP contribution in [0.25, 0.3) is 0 Å². The summed E-state index contributed by atoms with van der Waals surface area (Å²) < 4.78 is 0. The predicted molar refractivity (Wildman–Crippen MR) is 63.0 cm³/mol. The monoisotopic (exact) mass is 306 g/mol. The van der Waals surface area contributed by atoms with E-state index < -0.39 is 0 Å². The van der Waals surface area contributed by atoms with Crippen LogP contribution in [0, 0.1) is 11.3 Å². The number of hydrogen-bond acceptors (Lipinski definition) is 2. The van der Waals surface area contributed by atoms with Crippen LogP contribution < -0.4 is 5.32 Å². The second kappa shape index (κ2) is 8.33. The molecule has 0 amide bonds. The Morgan fingerprint density at radius 1 is 1.38 bits per heavy atom. The number of alkyl halides is 2. The van der Waals surface area contributed by atoms with Gasteiger partial charge in [-0.05, 0) is 11.1 Å². The van der Waals surface area contributed by atoms with E-state index in [0.717, 1.165) is 21.8 Å². The lowest BCUT2D eigenvalue weighted by Gasteiger charge is -2.05. The summed E-state index contributed by atoms with van der Waals surface area (Å²) in [5, 5.41) is 13.0. The van der Waals surface area contributed by atoms with Crippen LogP contribution in [-0.4, -0.2) is 17.7 Å². The summed E-state index contributed by atoms with van der Waals surface area (Å²) in [4.78, 5) is 0. The number of nitrogens with zero attached hydrogens (tertiary/aromatic N) is 1. The Kier molecular flexibility index (Phi) is 8.16. The van der Waals surface area contributed by atoms with Crippen LogP contribution in [0.4, 0.5) is 0 Å². The van der Waals surface area contributed by atoms with Gasteiger partial charge in [0.2, 0.25) is 0 Å². The third-order valence-electron chi connectivity index (χ3n) is 1.46. The van der Waals surface area contributed by atoms with Crippen LogP contribution in [-0.2, 0) is 0 Å². The number of nitrogens with one attached hydrogen (secondary N) is 1. The molecule has 0 spiro atoms. The largest absolute Gasteiger partial charge is 0.394 e. The maximum Gasteiger partial charge on any atom is 0.0663 e. The van der Waals surface area contributed by atoms with Gasteiger partial charge in [-0.3, -0.25) is 0 Å². The molecule has 0 unspecified atom stereocenters. The zero-order chi connectivity index (χ0) is 10.1. The molecule has 0 heterocycles. The van der Waals surface area contributed by atoms with Gasteiger partial charge in [-0.2, -0.15) is 5.26 Å². The standard InChI is InChI=1S/C9H12Br2N2/c1-13-7-9(6-11)8(5-10)3-2-4-12/h3,7,13H,2,5-6H2,1H3/b8-3-,9-7-. The molecule has 0 saturated carbocycles. The molecule has 13 heavy (non-hydrogen) atoms. The molecule has 0 fully saturated rings. The zero-order valence-electron chi connectivity index (χ0n) is 7.48. The molecule has 0 aliphatic carbocycles. The van der Waals surface area contributed by atoms with E-state index in [4.69, 9.17) is 5.26 Å². The van der Waals surface area contributed by atoms with Crippen LogP contribution in [0.5, 0.6) is 0 Å². The SMILES string of the molecule is CN/C=C(CBr)\C(=C/CC#N)CBr. The Morgan fingerprint density at radius 2 is 2.00 bits per heavy atom. The Bertz CT molecular complexity index is 238. The first-order valence-corrected chi connectivity index (χ1v) is 6.09. The van der Waals surface area contributed by atoms with E-state index in [0.29, 0.717) is 6.42 Å². The molecule has 0 aromatic heterocycles. The highest BCUT2D eigenvalue weighted by Gasteiger charge is 2.01. The fourth-order valence-electron chi connectivity index (χ4n) is 0.832. The quantitative estimate of drug-likeness (QED) is 0.626. The Labute approximate surface area is 96.0 Å². The van der Waals surface area contributed by atoms with E-state index in [9.17, 15) is 0 Å². The van der Waals surface area contributed by atoms with Crippen molar-refractivity contribution in [3.8, 4) is 6.07 Å². The van der Waals surface area contributed by atoms with Gasteiger partial charge in [-0.15, -0.1) is 0 Å². The fraction of sp³-hybridized carbons (Fsp3) is 0.444. The molecule has 1 N–H and O–H groups in total. The van der Waals surface area contributed by atoms with Crippen molar-refractivity contribution in [2.75, 3.05) is 17.7 Å². The van der Waals surface area contributed by atoms with E-state index in [1.807, 2.05) is 19.3 Å². The molecule has 0 bridgehead atoms. The lowest BCUT2D eigenvalue weighted by atomic mass is 10.1. The molecule has 0 radical (unpaired) electrons. The predicted octanol–water partition coefficient (Wildman–Crippen LogP) is 2.72. The van der Waals surface area contributed by atoms with Crippen LogP contribution in [0.3, 0.4) is 0 Å². The normalized spacial score (nSPS) is 12.5. The lowest BCUT2D eigenvalue weighted by Crippen LogP contribution is -2.01.